The first-order chi connectivity index (χ1) is 11.3. The fourth-order valence-corrected chi connectivity index (χ4v) is 2.55. The molecular formula is C15H9Cl3N2O3S. The highest BCUT2D eigenvalue weighted by molar-refractivity contribution is 7.80. The Labute approximate surface area is 157 Å². The van der Waals surface area contributed by atoms with E-state index in [1.807, 2.05) is 0 Å². The van der Waals surface area contributed by atoms with Crippen molar-refractivity contribution in [2.45, 2.75) is 0 Å². The molecule has 0 saturated heterocycles. The highest BCUT2D eigenvalue weighted by Crippen LogP contribution is 2.22. The molecule has 0 fully saturated rings. The van der Waals surface area contributed by atoms with Gasteiger partial charge in [-0.1, -0.05) is 34.8 Å². The highest BCUT2D eigenvalue weighted by Gasteiger charge is 2.15. The number of carboxylic acid groups (broad SMARTS) is 1. The summed E-state index contributed by atoms with van der Waals surface area (Å²) in [6, 6.07) is 8.63. The van der Waals surface area contributed by atoms with Gasteiger partial charge in [-0.05, 0) is 48.6 Å². The maximum Gasteiger partial charge on any atom is 0.337 e. The predicted octanol–water partition coefficient (Wildman–Crippen LogP) is 4.47. The van der Waals surface area contributed by atoms with E-state index in [0.717, 1.165) is 0 Å². The van der Waals surface area contributed by atoms with E-state index in [2.05, 4.69) is 10.6 Å². The lowest BCUT2D eigenvalue weighted by molar-refractivity contribution is 0.0698. The normalized spacial score (nSPS) is 10.1. The van der Waals surface area contributed by atoms with Gasteiger partial charge in [0.1, 0.15) is 0 Å². The van der Waals surface area contributed by atoms with Crippen molar-refractivity contribution in [1.29, 1.82) is 0 Å². The molecule has 5 nitrogen and oxygen atoms in total. The number of nitrogens with one attached hydrogen (secondary N) is 2. The van der Waals surface area contributed by atoms with Crippen molar-refractivity contribution >= 4 is 69.7 Å². The van der Waals surface area contributed by atoms with Crippen LogP contribution in [0.15, 0.2) is 36.4 Å². The van der Waals surface area contributed by atoms with Crippen molar-refractivity contribution in [3.05, 3.63) is 62.6 Å². The number of hydrogen-bond acceptors (Lipinski definition) is 3. The first kappa shape index (κ1) is 18.5. The van der Waals surface area contributed by atoms with Crippen molar-refractivity contribution < 1.29 is 14.7 Å². The topological polar surface area (TPSA) is 78.4 Å². The molecule has 3 N–H and O–H groups in total. The molecule has 124 valence electrons. The second kappa shape index (κ2) is 7.81. The minimum atomic E-state index is -1.19. The minimum absolute atomic E-state index is 0.0834. The number of anilines is 1. The molecule has 0 aromatic heterocycles. The van der Waals surface area contributed by atoms with Crippen molar-refractivity contribution in [1.82, 2.24) is 5.32 Å². The zero-order chi connectivity index (χ0) is 17.9. The summed E-state index contributed by atoms with van der Waals surface area (Å²) in [5, 5.41) is 14.9. The van der Waals surface area contributed by atoms with Gasteiger partial charge in [0, 0.05) is 10.0 Å². The molecule has 0 bridgehead atoms. The van der Waals surface area contributed by atoms with Gasteiger partial charge in [0.2, 0.25) is 0 Å². The third-order valence-corrected chi connectivity index (χ3v) is 3.86. The number of carbonyl (C=O) groups is 2. The molecule has 0 unspecified atom stereocenters. The van der Waals surface area contributed by atoms with Crippen LogP contribution in [0.5, 0.6) is 0 Å². The average Bonchev–Trinajstić information content (AvgIpc) is 2.51. The highest BCUT2D eigenvalue weighted by atomic mass is 35.5. The van der Waals surface area contributed by atoms with E-state index in [4.69, 9.17) is 52.1 Å². The third kappa shape index (κ3) is 4.58. The molecule has 0 aliphatic heterocycles. The van der Waals surface area contributed by atoms with E-state index in [1.54, 1.807) is 6.07 Å². The average molecular weight is 404 g/mol. The van der Waals surface area contributed by atoms with Gasteiger partial charge >= 0.3 is 5.97 Å². The zero-order valence-electron chi connectivity index (χ0n) is 11.8. The van der Waals surface area contributed by atoms with Gasteiger partial charge in [-0.25, -0.2) is 4.79 Å². The number of aromatic carboxylic acids is 1. The van der Waals surface area contributed by atoms with Gasteiger partial charge in [0.25, 0.3) is 5.91 Å². The van der Waals surface area contributed by atoms with Crippen LogP contribution in [0.2, 0.25) is 15.1 Å². The third-order valence-electron chi connectivity index (χ3n) is 2.86. The molecule has 1 amide bonds. The quantitative estimate of drug-likeness (QED) is 0.659. The molecule has 9 heteroatoms. The fraction of sp³-hybridized carbons (Fsp3) is 0. The number of hydrogen-bond donors (Lipinski definition) is 3. The summed E-state index contributed by atoms with van der Waals surface area (Å²) in [5.74, 6) is -1.77. The van der Waals surface area contributed by atoms with Crippen LogP contribution in [-0.2, 0) is 0 Å². The van der Waals surface area contributed by atoms with Crippen LogP contribution in [0.25, 0.3) is 0 Å². The summed E-state index contributed by atoms with van der Waals surface area (Å²) in [7, 11) is 0. The molecule has 0 heterocycles. The van der Waals surface area contributed by atoms with Crippen LogP contribution >= 0.6 is 47.0 Å². The van der Waals surface area contributed by atoms with Gasteiger partial charge in [-0.15, -0.1) is 0 Å². The Morgan fingerprint density at radius 2 is 1.54 bits per heavy atom. The first-order valence-electron chi connectivity index (χ1n) is 6.38. The first-order valence-corrected chi connectivity index (χ1v) is 7.92. The van der Waals surface area contributed by atoms with Crippen LogP contribution in [0.3, 0.4) is 0 Å². The molecule has 0 aliphatic rings. The SMILES string of the molecule is O=C(NC(=S)Nc1ccc(Cl)cc1C(=O)O)c1cc(Cl)ccc1Cl. The molecule has 24 heavy (non-hydrogen) atoms. The van der Waals surface area contributed by atoms with Crippen LogP contribution in [-0.4, -0.2) is 22.1 Å². The van der Waals surface area contributed by atoms with E-state index in [-0.39, 0.29) is 32.0 Å². The van der Waals surface area contributed by atoms with Gasteiger partial charge in [0.05, 0.1) is 21.8 Å². The minimum Gasteiger partial charge on any atom is -0.478 e. The lowest BCUT2D eigenvalue weighted by Crippen LogP contribution is -2.34. The molecule has 0 spiro atoms. The van der Waals surface area contributed by atoms with E-state index in [0.29, 0.717) is 5.02 Å². The lowest BCUT2D eigenvalue weighted by atomic mass is 10.2. The number of amides is 1. The Bertz CT molecular complexity index is 843. The summed E-state index contributed by atoms with van der Waals surface area (Å²) >= 11 is 22.6. The zero-order valence-corrected chi connectivity index (χ0v) is 14.9. The largest absolute Gasteiger partial charge is 0.478 e. The number of benzene rings is 2. The van der Waals surface area contributed by atoms with E-state index >= 15 is 0 Å². The smallest absolute Gasteiger partial charge is 0.337 e. The maximum atomic E-state index is 12.2. The number of carbonyl (C=O) groups excluding carboxylic acids is 1. The molecule has 0 radical (unpaired) electrons. The number of carboxylic acids is 1. The summed E-state index contributed by atoms with van der Waals surface area (Å²) in [5.41, 5.74) is 0.247. The Morgan fingerprint density at radius 1 is 0.958 bits per heavy atom. The van der Waals surface area contributed by atoms with Crippen molar-refractivity contribution in [2.24, 2.45) is 0 Å². The predicted molar refractivity (Wildman–Crippen MR) is 98.6 cm³/mol. The van der Waals surface area contributed by atoms with Gasteiger partial charge < -0.3 is 10.4 Å². The van der Waals surface area contributed by atoms with Crippen LogP contribution in [0, 0.1) is 0 Å². The van der Waals surface area contributed by atoms with Gasteiger partial charge in [0.15, 0.2) is 5.11 Å². The van der Waals surface area contributed by atoms with Crippen molar-refractivity contribution in [2.75, 3.05) is 5.32 Å². The van der Waals surface area contributed by atoms with Crippen LogP contribution in [0.1, 0.15) is 20.7 Å². The number of thiocarbonyl (C=S) groups is 1. The summed E-state index contributed by atoms with van der Waals surface area (Å²) < 4.78 is 0. The van der Waals surface area contributed by atoms with Crippen LogP contribution in [0.4, 0.5) is 5.69 Å². The molecular weight excluding hydrogens is 395 g/mol. The second-order valence-electron chi connectivity index (χ2n) is 4.53. The summed E-state index contributed by atoms with van der Waals surface area (Å²) in [6.07, 6.45) is 0. The van der Waals surface area contributed by atoms with Crippen molar-refractivity contribution in [3.63, 3.8) is 0 Å². The Hall–Kier alpha value is -1.86. The molecule has 0 aliphatic carbocycles. The monoisotopic (exact) mass is 402 g/mol. The summed E-state index contributed by atoms with van der Waals surface area (Å²) in [6.45, 7) is 0. The molecule has 2 rings (SSSR count). The second-order valence-corrected chi connectivity index (χ2v) is 6.22. The van der Waals surface area contributed by atoms with E-state index in [9.17, 15) is 9.59 Å². The van der Waals surface area contributed by atoms with Crippen molar-refractivity contribution in [3.8, 4) is 0 Å². The van der Waals surface area contributed by atoms with E-state index < -0.39 is 11.9 Å². The number of halogens is 3. The van der Waals surface area contributed by atoms with E-state index in [1.165, 1.54) is 30.3 Å². The fourth-order valence-electron chi connectivity index (χ4n) is 1.80. The van der Waals surface area contributed by atoms with Crippen LogP contribution < -0.4 is 10.6 Å². The lowest BCUT2D eigenvalue weighted by Gasteiger charge is -2.12. The molecule has 2 aromatic carbocycles. The number of rotatable bonds is 3. The summed E-state index contributed by atoms with van der Waals surface area (Å²) in [4.78, 5) is 23.4. The standard InChI is InChI=1S/C15H9Cl3N2O3S/c16-7-1-3-11(18)9(5-7)13(21)20-15(24)19-12-4-2-8(17)6-10(12)14(22)23/h1-6H,(H,22,23)(H2,19,20,21,24). The molecule has 0 atom stereocenters. The Kier molecular flexibility index (Phi) is 6.01. The molecule has 2 aromatic rings. The maximum absolute atomic E-state index is 12.2. The molecule has 0 saturated carbocycles. The van der Waals surface area contributed by atoms with Gasteiger partial charge in [-0.3, -0.25) is 10.1 Å². The van der Waals surface area contributed by atoms with Gasteiger partial charge in [-0.2, -0.15) is 0 Å². The Morgan fingerprint density at radius 3 is 2.17 bits per heavy atom. The Balaban J connectivity index is 2.15.